The van der Waals surface area contributed by atoms with Gasteiger partial charge < -0.3 is 9.47 Å². The Morgan fingerprint density at radius 1 is 1.26 bits per heavy atom. The van der Waals surface area contributed by atoms with Crippen molar-refractivity contribution >= 4 is 27.3 Å². The molecule has 1 spiro atoms. The third-order valence-corrected chi connectivity index (χ3v) is 5.74. The molecule has 126 valence electrons. The van der Waals surface area contributed by atoms with Crippen molar-refractivity contribution < 1.29 is 26.7 Å². The van der Waals surface area contributed by atoms with Gasteiger partial charge in [0.05, 0.1) is 23.5 Å². The molecule has 0 saturated carbocycles. The molecule has 1 aliphatic carbocycles. The van der Waals surface area contributed by atoms with E-state index in [9.17, 15) is 17.2 Å². The summed E-state index contributed by atoms with van der Waals surface area (Å²) in [6.45, 7) is 0.910. The first-order valence-electron chi connectivity index (χ1n) is 6.95. The lowest BCUT2D eigenvalue weighted by atomic mass is 10.0. The summed E-state index contributed by atoms with van der Waals surface area (Å²) in [7, 11) is -3.94. The van der Waals surface area contributed by atoms with Gasteiger partial charge >= 0.3 is 0 Å². The lowest BCUT2D eigenvalue weighted by Crippen LogP contribution is -2.37. The summed E-state index contributed by atoms with van der Waals surface area (Å²) in [6, 6.07) is 1.41. The Morgan fingerprint density at radius 3 is 2.52 bits per heavy atom. The van der Waals surface area contributed by atoms with E-state index in [0.29, 0.717) is 25.7 Å². The molecule has 1 atom stereocenters. The van der Waals surface area contributed by atoms with Crippen LogP contribution in [0.3, 0.4) is 0 Å². The van der Waals surface area contributed by atoms with Crippen molar-refractivity contribution in [2.75, 3.05) is 17.9 Å². The third-order valence-electron chi connectivity index (χ3n) is 3.77. The Morgan fingerprint density at radius 2 is 1.96 bits per heavy atom. The molecule has 1 heterocycles. The van der Waals surface area contributed by atoms with Crippen molar-refractivity contribution in [2.45, 2.75) is 23.9 Å². The normalized spacial score (nSPS) is 23.3. The molecule has 5 nitrogen and oxygen atoms in total. The van der Waals surface area contributed by atoms with Gasteiger partial charge in [0.1, 0.15) is 11.5 Å². The number of sulfonamides is 1. The smallest absolute Gasteiger partial charge is 0.239 e. The van der Waals surface area contributed by atoms with Crippen LogP contribution < -0.4 is 4.72 Å². The molecule has 1 unspecified atom stereocenters. The maximum Gasteiger partial charge on any atom is 0.239 e. The van der Waals surface area contributed by atoms with Gasteiger partial charge in [-0.2, -0.15) is 0 Å². The first-order valence-corrected chi connectivity index (χ1v) is 8.87. The predicted octanol–water partition coefficient (Wildman–Crippen LogP) is 2.82. The van der Waals surface area contributed by atoms with Gasteiger partial charge in [-0.3, -0.25) is 4.72 Å². The minimum absolute atomic E-state index is 0.242. The lowest BCUT2D eigenvalue weighted by molar-refractivity contribution is -0.124. The number of ether oxygens (including phenoxy) is 2. The molecule has 1 N–H and O–H groups in total. The van der Waals surface area contributed by atoms with Crippen LogP contribution >= 0.6 is 11.6 Å². The van der Waals surface area contributed by atoms with Crippen molar-refractivity contribution in [3.8, 4) is 0 Å². The van der Waals surface area contributed by atoms with Crippen LogP contribution in [0.15, 0.2) is 24.3 Å². The van der Waals surface area contributed by atoms with E-state index in [2.05, 4.69) is 4.72 Å². The molecule has 9 heteroatoms. The molecule has 1 fully saturated rings. The Kier molecular flexibility index (Phi) is 4.35. The Balaban J connectivity index is 1.81. The van der Waals surface area contributed by atoms with Gasteiger partial charge in [-0.15, -0.1) is 0 Å². The van der Waals surface area contributed by atoms with Gasteiger partial charge in [0.25, 0.3) is 0 Å². The van der Waals surface area contributed by atoms with Crippen LogP contribution in [-0.2, 0) is 19.5 Å². The molecular weight excluding hydrogens is 352 g/mol. The first kappa shape index (κ1) is 16.6. The highest BCUT2D eigenvalue weighted by Gasteiger charge is 2.40. The van der Waals surface area contributed by atoms with Crippen LogP contribution in [0.1, 0.15) is 12.8 Å². The van der Waals surface area contributed by atoms with Gasteiger partial charge in [-0.1, -0.05) is 17.7 Å². The Hall–Kier alpha value is -1.22. The van der Waals surface area contributed by atoms with E-state index in [1.165, 1.54) is 6.08 Å². The lowest BCUT2D eigenvalue weighted by Gasteiger charge is -2.30. The minimum Gasteiger partial charge on any atom is -0.344 e. The highest BCUT2D eigenvalue weighted by atomic mass is 35.5. The second-order valence-corrected chi connectivity index (χ2v) is 7.64. The Labute approximate surface area is 137 Å². The maximum absolute atomic E-state index is 13.7. The molecule has 0 bridgehead atoms. The molecule has 23 heavy (non-hydrogen) atoms. The summed E-state index contributed by atoms with van der Waals surface area (Å²) >= 11 is 5.71. The Bertz CT molecular complexity index is 724. The molecular formula is C14H14ClF2NO4S. The fourth-order valence-electron chi connectivity index (χ4n) is 2.60. The number of anilines is 1. The predicted molar refractivity (Wildman–Crippen MR) is 80.7 cm³/mol. The van der Waals surface area contributed by atoms with E-state index >= 15 is 0 Å². The number of hydrogen-bond acceptors (Lipinski definition) is 4. The van der Waals surface area contributed by atoms with Crippen LogP contribution in [-0.4, -0.2) is 32.7 Å². The van der Waals surface area contributed by atoms with Crippen LogP contribution in [0.5, 0.6) is 0 Å². The average molecular weight is 366 g/mol. The van der Waals surface area contributed by atoms with Crippen LogP contribution in [0.4, 0.5) is 14.5 Å². The number of rotatable bonds is 3. The topological polar surface area (TPSA) is 64.6 Å². The summed E-state index contributed by atoms with van der Waals surface area (Å²) < 4.78 is 64.6. The van der Waals surface area contributed by atoms with Gasteiger partial charge in [0.15, 0.2) is 11.6 Å². The summed E-state index contributed by atoms with van der Waals surface area (Å²) in [6.07, 6.45) is 3.63. The van der Waals surface area contributed by atoms with Crippen molar-refractivity contribution in [1.82, 2.24) is 0 Å². The van der Waals surface area contributed by atoms with Crippen LogP contribution in [0.25, 0.3) is 0 Å². The zero-order valence-corrected chi connectivity index (χ0v) is 13.5. The maximum atomic E-state index is 13.7. The van der Waals surface area contributed by atoms with Gasteiger partial charge in [-0.05, 0) is 18.6 Å². The van der Waals surface area contributed by atoms with E-state index in [0.717, 1.165) is 6.07 Å². The second-order valence-electron chi connectivity index (χ2n) is 5.34. The minimum atomic E-state index is -3.94. The van der Waals surface area contributed by atoms with Crippen molar-refractivity contribution in [2.24, 2.45) is 0 Å². The van der Waals surface area contributed by atoms with Gasteiger partial charge in [0, 0.05) is 12.5 Å². The summed E-state index contributed by atoms with van der Waals surface area (Å²) in [5.74, 6) is -2.81. The highest BCUT2D eigenvalue weighted by molar-refractivity contribution is 7.93. The third kappa shape index (κ3) is 3.35. The highest BCUT2D eigenvalue weighted by Crippen LogP contribution is 2.34. The largest absolute Gasteiger partial charge is 0.344 e. The second kappa shape index (κ2) is 6.01. The van der Waals surface area contributed by atoms with E-state index < -0.39 is 38.4 Å². The molecule has 1 saturated heterocycles. The number of hydrogen-bond donors (Lipinski definition) is 1. The molecule has 3 rings (SSSR count). The van der Waals surface area contributed by atoms with Gasteiger partial charge in [-0.25, -0.2) is 17.2 Å². The molecule has 2 aliphatic rings. The number of nitrogens with one attached hydrogen (secondary N) is 1. The summed E-state index contributed by atoms with van der Waals surface area (Å²) in [5.41, 5.74) is -0.463. The first-order chi connectivity index (χ1) is 10.8. The quantitative estimate of drug-likeness (QED) is 0.836. The van der Waals surface area contributed by atoms with Crippen molar-refractivity contribution in [1.29, 1.82) is 0 Å². The molecule has 0 amide bonds. The van der Waals surface area contributed by atoms with Crippen LogP contribution in [0.2, 0.25) is 5.02 Å². The van der Waals surface area contributed by atoms with E-state index in [1.54, 1.807) is 6.08 Å². The molecule has 1 aromatic carbocycles. The monoisotopic (exact) mass is 365 g/mol. The molecule has 1 aromatic rings. The van der Waals surface area contributed by atoms with E-state index in [4.69, 9.17) is 21.1 Å². The fourth-order valence-corrected chi connectivity index (χ4v) is 4.26. The number of benzene rings is 1. The van der Waals surface area contributed by atoms with Crippen LogP contribution in [0, 0.1) is 11.6 Å². The molecule has 1 aliphatic heterocycles. The van der Waals surface area contributed by atoms with Crippen molar-refractivity contribution in [3.63, 3.8) is 0 Å². The average Bonchev–Trinajstić information content (AvgIpc) is 2.91. The summed E-state index contributed by atoms with van der Waals surface area (Å²) in [5, 5.41) is -1.23. The molecule has 0 radical (unpaired) electrons. The zero-order chi connectivity index (χ0) is 16.7. The standard InChI is InChI=1S/C14H14ClF2NO4S/c15-11-7-9(16)8-12(17)13(11)18-23(19,20)10-1-3-14(4-2-10)21-5-6-22-14/h1,3,7-8,10,18H,2,4-6H2. The van der Waals surface area contributed by atoms with Crippen molar-refractivity contribution in [3.05, 3.63) is 40.9 Å². The fraction of sp³-hybridized carbons (Fsp3) is 0.429. The number of halogens is 3. The summed E-state index contributed by atoms with van der Waals surface area (Å²) in [4.78, 5) is 0. The SMILES string of the molecule is O=S(=O)(Nc1c(F)cc(F)cc1Cl)C1C=CC2(CC1)OCCO2. The molecule has 0 aromatic heterocycles. The zero-order valence-electron chi connectivity index (χ0n) is 11.9. The van der Waals surface area contributed by atoms with Gasteiger partial charge in [0.2, 0.25) is 10.0 Å². The van der Waals surface area contributed by atoms with E-state index in [1.807, 2.05) is 0 Å². The van der Waals surface area contributed by atoms with E-state index in [-0.39, 0.29) is 11.4 Å².